The van der Waals surface area contributed by atoms with Crippen molar-refractivity contribution in [3.05, 3.63) is 17.5 Å². The normalized spacial score (nSPS) is 18.7. The smallest absolute Gasteiger partial charge is 0.187 e. The first-order valence-electron chi connectivity index (χ1n) is 4.95. The largest absolute Gasteiger partial charge is 0.294 e. The number of nitrogens with zero attached hydrogens (tertiary/aromatic N) is 2. The van der Waals surface area contributed by atoms with E-state index < -0.39 is 0 Å². The summed E-state index contributed by atoms with van der Waals surface area (Å²) in [6, 6.07) is 0. The lowest BCUT2D eigenvalue weighted by molar-refractivity contribution is 0.0909. The van der Waals surface area contributed by atoms with Crippen LogP contribution in [0.1, 0.15) is 36.3 Å². The van der Waals surface area contributed by atoms with E-state index in [0.29, 0.717) is 12.0 Å². The first kappa shape index (κ1) is 10.6. The highest BCUT2D eigenvalue weighted by molar-refractivity contribution is 7.98. The molecule has 1 aromatic rings. The Morgan fingerprint density at radius 3 is 2.80 bits per heavy atom. The standard InChI is InChI=1S/C11H14N2OS/c1-11(2)4-8-7(9(14)5-11)6-12-10(13-8)15-3/h6H,4-5H2,1-3H3. The van der Waals surface area contributed by atoms with E-state index in [0.717, 1.165) is 17.3 Å². The van der Waals surface area contributed by atoms with Crippen molar-refractivity contribution in [2.45, 2.75) is 31.8 Å². The van der Waals surface area contributed by atoms with E-state index in [-0.39, 0.29) is 11.2 Å². The van der Waals surface area contributed by atoms with Crippen molar-refractivity contribution < 1.29 is 4.79 Å². The highest BCUT2D eigenvalue weighted by Crippen LogP contribution is 2.33. The van der Waals surface area contributed by atoms with Gasteiger partial charge in [-0.15, -0.1) is 0 Å². The Morgan fingerprint density at radius 1 is 1.40 bits per heavy atom. The number of Topliss-reactive ketones (excluding diaryl/α,β-unsaturated/α-hetero) is 1. The van der Waals surface area contributed by atoms with Crippen molar-refractivity contribution in [2.24, 2.45) is 5.41 Å². The summed E-state index contributed by atoms with van der Waals surface area (Å²) in [5.74, 6) is 0.175. The first-order chi connectivity index (χ1) is 7.02. The van der Waals surface area contributed by atoms with E-state index in [1.165, 1.54) is 11.8 Å². The Hall–Kier alpha value is -0.900. The van der Waals surface area contributed by atoms with Gasteiger partial charge in [0.1, 0.15) is 0 Å². The Bertz CT molecular complexity index is 415. The van der Waals surface area contributed by atoms with Gasteiger partial charge in [0.2, 0.25) is 0 Å². The fourth-order valence-corrected chi connectivity index (χ4v) is 2.27. The molecule has 0 fully saturated rings. The van der Waals surface area contributed by atoms with Gasteiger partial charge in [0, 0.05) is 12.6 Å². The lowest BCUT2D eigenvalue weighted by Gasteiger charge is -2.29. The second-order valence-corrected chi connectivity index (χ2v) is 5.43. The summed E-state index contributed by atoms with van der Waals surface area (Å²) < 4.78 is 0. The van der Waals surface area contributed by atoms with Gasteiger partial charge in [-0.25, -0.2) is 9.97 Å². The number of carbonyl (C=O) groups is 1. The van der Waals surface area contributed by atoms with Crippen LogP contribution in [0.3, 0.4) is 0 Å². The molecule has 0 amide bonds. The minimum Gasteiger partial charge on any atom is -0.294 e. The second-order valence-electron chi connectivity index (χ2n) is 4.66. The number of carbonyl (C=O) groups excluding carboxylic acids is 1. The van der Waals surface area contributed by atoms with Crippen molar-refractivity contribution in [1.82, 2.24) is 9.97 Å². The van der Waals surface area contributed by atoms with Crippen LogP contribution in [0.4, 0.5) is 0 Å². The van der Waals surface area contributed by atoms with Crippen molar-refractivity contribution in [1.29, 1.82) is 0 Å². The molecule has 1 aliphatic carbocycles. The zero-order valence-corrected chi connectivity index (χ0v) is 10.0. The molecular formula is C11H14N2OS. The summed E-state index contributed by atoms with van der Waals surface area (Å²) in [6.07, 6.45) is 5.08. The van der Waals surface area contributed by atoms with Crippen LogP contribution in [0.2, 0.25) is 0 Å². The van der Waals surface area contributed by atoms with Gasteiger partial charge < -0.3 is 0 Å². The van der Waals surface area contributed by atoms with Gasteiger partial charge in [0.15, 0.2) is 10.9 Å². The molecule has 3 nitrogen and oxygen atoms in total. The van der Waals surface area contributed by atoms with Crippen LogP contribution in [0.15, 0.2) is 11.4 Å². The van der Waals surface area contributed by atoms with Crippen LogP contribution in [0.5, 0.6) is 0 Å². The molecule has 0 aliphatic heterocycles. The maximum absolute atomic E-state index is 11.8. The summed E-state index contributed by atoms with van der Waals surface area (Å²) in [4.78, 5) is 20.4. The predicted molar refractivity (Wildman–Crippen MR) is 60.2 cm³/mol. The molecule has 0 radical (unpaired) electrons. The van der Waals surface area contributed by atoms with Crippen LogP contribution in [-0.2, 0) is 6.42 Å². The predicted octanol–water partition coefficient (Wildman–Crippen LogP) is 2.35. The third kappa shape index (κ3) is 2.04. The molecule has 1 heterocycles. The summed E-state index contributed by atoms with van der Waals surface area (Å²) in [5.41, 5.74) is 1.66. The van der Waals surface area contributed by atoms with Gasteiger partial charge in [-0.3, -0.25) is 4.79 Å². The van der Waals surface area contributed by atoms with Gasteiger partial charge in [0.25, 0.3) is 0 Å². The van der Waals surface area contributed by atoms with Gasteiger partial charge in [0.05, 0.1) is 11.3 Å². The minimum atomic E-state index is 0.0358. The Kier molecular flexibility index (Phi) is 2.54. The molecule has 0 saturated heterocycles. The topological polar surface area (TPSA) is 42.9 Å². The number of hydrogen-bond acceptors (Lipinski definition) is 4. The average Bonchev–Trinajstić information content (AvgIpc) is 2.14. The maximum Gasteiger partial charge on any atom is 0.187 e. The van der Waals surface area contributed by atoms with Gasteiger partial charge >= 0.3 is 0 Å². The second kappa shape index (κ2) is 3.59. The molecule has 0 N–H and O–H groups in total. The highest BCUT2D eigenvalue weighted by atomic mass is 32.2. The third-order valence-corrected chi connectivity index (χ3v) is 3.18. The Balaban J connectivity index is 2.46. The average molecular weight is 222 g/mol. The molecule has 0 spiro atoms. The molecule has 1 aliphatic rings. The number of fused-ring (bicyclic) bond motifs is 1. The van der Waals surface area contributed by atoms with E-state index in [2.05, 4.69) is 23.8 Å². The fraction of sp³-hybridized carbons (Fsp3) is 0.545. The van der Waals surface area contributed by atoms with E-state index in [4.69, 9.17) is 0 Å². The van der Waals surface area contributed by atoms with E-state index in [1.807, 2.05) is 6.26 Å². The molecule has 80 valence electrons. The molecule has 1 aromatic heterocycles. The molecule has 0 bridgehead atoms. The van der Waals surface area contributed by atoms with Crippen LogP contribution < -0.4 is 0 Å². The lowest BCUT2D eigenvalue weighted by atomic mass is 9.76. The number of hydrogen-bond donors (Lipinski definition) is 0. The first-order valence-corrected chi connectivity index (χ1v) is 6.17. The molecule has 0 saturated carbocycles. The number of rotatable bonds is 1. The molecule has 2 rings (SSSR count). The monoisotopic (exact) mass is 222 g/mol. The molecule has 0 unspecified atom stereocenters. The Morgan fingerprint density at radius 2 is 2.13 bits per heavy atom. The van der Waals surface area contributed by atoms with Gasteiger partial charge in [-0.05, 0) is 18.1 Å². The number of aromatic nitrogens is 2. The van der Waals surface area contributed by atoms with Crippen molar-refractivity contribution in [3.63, 3.8) is 0 Å². The minimum absolute atomic E-state index is 0.0358. The van der Waals surface area contributed by atoms with Crippen LogP contribution in [0, 0.1) is 5.41 Å². The lowest BCUT2D eigenvalue weighted by Crippen LogP contribution is -2.28. The van der Waals surface area contributed by atoms with Crippen LogP contribution in [-0.4, -0.2) is 22.0 Å². The SMILES string of the molecule is CSc1ncc2c(n1)CC(C)(C)CC2=O. The molecule has 0 aromatic carbocycles. The van der Waals surface area contributed by atoms with Gasteiger partial charge in [-0.2, -0.15) is 0 Å². The number of ketones is 1. The van der Waals surface area contributed by atoms with E-state index in [9.17, 15) is 4.79 Å². The van der Waals surface area contributed by atoms with E-state index >= 15 is 0 Å². The summed E-state index contributed by atoms with van der Waals surface area (Å²) in [6.45, 7) is 4.21. The maximum atomic E-state index is 11.8. The molecular weight excluding hydrogens is 208 g/mol. The summed E-state index contributed by atoms with van der Waals surface area (Å²) >= 11 is 1.51. The van der Waals surface area contributed by atoms with Crippen molar-refractivity contribution in [2.75, 3.05) is 6.26 Å². The summed E-state index contributed by atoms with van der Waals surface area (Å²) in [5, 5.41) is 0.749. The van der Waals surface area contributed by atoms with Crippen LogP contribution >= 0.6 is 11.8 Å². The molecule has 4 heteroatoms. The van der Waals surface area contributed by atoms with Gasteiger partial charge in [-0.1, -0.05) is 25.6 Å². The zero-order valence-electron chi connectivity index (χ0n) is 9.20. The zero-order chi connectivity index (χ0) is 11.1. The van der Waals surface area contributed by atoms with Crippen LogP contribution in [0.25, 0.3) is 0 Å². The number of thioether (sulfide) groups is 1. The fourth-order valence-electron chi connectivity index (χ4n) is 1.91. The highest BCUT2D eigenvalue weighted by Gasteiger charge is 2.32. The summed E-state index contributed by atoms with van der Waals surface area (Å²) in [7, 11) is 0. The third-order valence-electron chi connectivity index (χ3n) is 2.61. The Labute approximate surface area is 93.7 Å². The van der Waals surface area contributed by atoms with Crippen molar-refractivity contribution >= 4 is 17.5 Å². The van der Waals surface area contributed by atoms with Crippen molar-refractivity contribution in [3.8, 4) is 0 Å². The quantitative estimate of drug-likeness (QED) is 0.540. The van der Waals surface area contributed by atoms with E-state index in [1.54, 1.807) is 6.20 Å². The molecule has 15 heavy (non-hydrogen) atoms. The molecule has 0 atom stereocenters.